The minimum absolute atomic E-state index is 0.0607. The maximum Gasteiger partial charge on any atom is 0.310 e. The van der Waals surface area contributed by atoms with E-state index in [-0.39, 0.29) is 18.1 Å². The second-order valence-corrected chi connectivity index (χ2v) is 3.33. The van der Waals surface area contributed by atoms with Gasteiger partial charge in [0.1, 0.15) is 5.69 Å². The first-order valence-electron chi connectivity index (χ1n) is 4.93. The van der Waals surface area contributed by atoms with E-state index < -0.39 is 6.43 Å². The molecular weight excluding hydrogens is 216 g/mol. The van der Waals surface area contributed by atoms with Crippen LogP contribution < -0.4 is 0 Å². The Hall–Kier alpha value is -1.52. The minimum atomic E-state index is -2.59. The van der Waals surface area contributed by atoms with Crippen LogP contribution in [0.15, 0.2) is 12.3 Å². The van der Waals surface area contributed by atoms with Crippen molar-refractivity contribution in [2.45, 2.75) is 26.7 Å². The molecule has 0 fully saturated rings. The van der Waals surface area contributed by atoms with E-state index in [1.54, 1.807) is 13.8 Å². The van der Waals surface area contributed by atoms with Gasteiger partial charge < -0.3 is 4.74 Å². The van der Waals surface area contributed by atoms with Crippen LogP contribution in [0.4, 0.5) is 8.78 Å². The second kappa shape index (κ2) is 5.53. The summed E-state index contributed by atoms with van der Waals surface area (Å²) >= 11 is 0. The Balaban J connectivity index is 2.77. The number of hydrogen-bond acceptors (Lipinski definition) is 3. The molecule has 0 N–H and O–H groups in total. The molecule has 0 spiro atoms. The SMILES string of the molecule is CCOC(=O)Cc1cnc(C(F)F)c(C)c1. The molecule has 0 aliphatic rings. The van der Waals surface area contributed by atoms with Crippen molar-refractivity contribution in [2.24, 2.45) is 0 Å². The van der Waals surface area contributed by atoms with Gasteiger partial charge in [0, 0.05) is 6.20 Å². The van der Waals surface area contributed by atoms with Gasteiger partial charge in [-0.25, -0.2) is 8.78 Å². The standard InChI is InChI=1S/C11H13F2NO2/c1-3-16-9(15)5-8-4-7(2)10(11(12)13)14-6-8/h4,6,11H,3,5H2,1-2H3. The Morgan fingerprint density at radius 3 is 2.75 bits per heavy atom. The summed E-state index contributed by atoms with van der Waals surface area (Å²) in [6.45, 7) is 3.56. The molecule has 1 heterocycles. The first-order valence-corrected chi connectivity index (χ1v) is 4.93. The number of alkyl halides is 2. The Morgan fingerprint density at radius 2 is 2.25 bits per heavy atom. The molecule has 0 atom stereocenters. The van der Waals surface area contributed by atoms with Crippen molar-refractivity contribution >= 4 is 5.97 Å². The number of rotatable bonds is 4. The van der Waals surface area contributed by atoms with Gasteiger partial charge in [-0.2, -0.15) is 0 Å². The summed E-state index contributed by atoms with van der Waals surface area (Å²) < 4.78 is 29.5. The number of ether oxygens (including phenoxy) is 1. The van der Waals surface area contributed by atoms with Crippen molar-refractivity contribution in [3.8, 4) is 0 Å². The number of carbonyl (C=O) groups is 1. The Morgan fingerprint density at radius 1 is 1.56 bits per heavy atom. The second-order valence-electron chi connectivity index (χ2n) is 3.33. The molecule has 0 unspecified atom stereocenters. The predicted molar refractivity (Wildman–Crippen MR) is 54.3 cm³/mol. The first kappa shape index (κ1) is 12.5. The molecule has 1 rings (SSSR count). The lowest BCUT2D eigenvalue weighted by Gasteiger charge is -2.06. The zero-order chi connectivity index (χ0) is 12.1. The summed E-state index contributed by atoms with van der Waals surface area (Å²) in [7, 11) is 0. The average Bonchev–Trinajstić information content (AvgIpc) is 2.17. The van der Waals surface area contributed by atoms with E-state index in [0.717, 1.165) is 0 Å². The van der Waals surface area contributed by atoms with Gasteiger partial charge in [-0.05, 0) is 25.0 Å². The molecule has 16 heavy (non-hydrogen) atoms. The minimum Gasteiger partial charge on any atom is -0.466 e. The van der Waals surface area contributed by atoms with Crippen LogP contribution in [0, 0.1) is 6.92 Å². The van der Waals surface area contributed by atoms with Crippen molar-refractivity contribution < 1.29 is 18.3 Å². The molecule has 0 aromatic carbocycles. The van der Waals surface area contributed by atoms with E-state index in [1.807, 2.05) is 0 Å². The number of halogens is 2. The Bertz CT molecular complexity index is 380. The molecular formula is C11H13F2NO2. The molecule has 0 saturated carbocycles. The third-order valence-corrected chi connectivity index (χ3v) is 2.04. The van der Waals surface area contributed by atoms with Gasteiger partial charge in [0.2, 0.25) is 0 Å². The number of hydrogen-bond donors (Lipinski definition) is 0. The number of pyridine rings is 1. The van der Waals surface area contributed by atoms with E-state index >= 15 is 0 Å². The van der Waals surface area contributed by atoms with Crippen LogP contribution in [0.5, 0.6) is 0 Å². The smallest absolute Gasteiger partial charge is 0.310 e. The monoisotopic (exact) mass is 229 g/mol. The molecule has 0 radical (unpaired) electrons. The number of carbonyl (C=O) groups excluding carboxylic acids is 1. The molecule has 3 nitrogen and oxygen atoms in total. The lowest BCUT2D eigenvalue weighted by molar-refractivity contribution is -0.142. The summed E-state index contributed by atoms with van der Waals surface area (Å²) in [4.78, 5) is 14.8. The quantitative estimate of drug-likeness (QED) is 0.744. The molecule has 5 heteroatoms. The molecule has 0 saturated heterocycles. The van der Waals surface area contributed by atoms with E-state index in [1.165, 1.54) is 12.3 Å². The third-order valence-electron chi connectivity index (χ3n) is 2.04. The highest BCUT2D eigenvalue weighted by Crippen LogP contribution is 2.20. The van der Waals surface area contributed by atoms with Crippen LogP contribution in [-0.2, 0) is 16.0 Å². The van der Waals surface area contributed by atoms with Crippen molar-refractivity contribution in [1.29, 1.82) is 0 Å². The molecule has 88 valence electrons. The van der Waals surface area contributed by atoms with Crippen LogP contribution >= 0.6 is 0 Å². The summed E-state index contributed by atoms with van der Waals surface area (Å²) in [5.41, 5.74) is 0.727. The van der Waals surface area contributed by atoms with Crippen LogP contribution in [0.25, 0.3) is 0 Å². The van der Waals surface area contributed by atoms with Gasteiger partial charge in [0.05, 0.1) is 13.0 Å². The molecule has 1 aromatic rings. The van der Waals surface area contributed by atoms with Crippen LogP contribution in [0.3, 0.4) is 0 Å². The third kappa shape index (κ3) is 3.25. The Labute approximate surface area is 92.4 Å². The highest BCUT2D eigenvalue weighted by Gasteiger charge is 2.13. The fourth-order valence-corrected chi connectivity index (χ4v) is 1.35. The van der Waals surface area contributed by atoms with Gasteiger partial charge in [-0.15, -0.1) is 0 Å². The van der Waals surface area contributed by atoms with Gasteiger partial charge in [0.15, 0.2) is 0 Å². The topological polar surface area (TPSA) is 39.2 Å². The highest BCUT2D eigenvalue weighted by molar-refractivity contribution is 5.72. The number of esters is 1. The molecule has 0 aliphatic carbocycles. The van der Waals surface area contributed by atoms with Crippen molar-refractivity contribution in [2.75, 3.05) is 6.61 Å². The number of aromatic nitrogens is 1. The fourth-order valence-electron chi connectivity index (χ4n) is 1.35. The average molecular weight is 229 g/mol. The summed E-state index contributed by atoms with van der Waals surface area (Å²) in [6, 6.07) is 1.53. The van der Waals surface area contributed by atoms with E-state index in [9.17, 15) is 13.6 Å². The van der Waals surface area contributed by atoms with Crippen molar-refractivity contribution in [1.82, 2.24) is 4.98 Å². The summed E-state index contributed by atoms with van der Waals surface area (Å²) in [5, 5.41) is 0. The zero-order valence-electron chi connectivity index (χ0n) is 9.17. The highest BCUT2D eigenvalue weighted by atomic mass is 19.3. The van der Waals surface area contributed by atoms with Crippen LogP contribution in [0.2, 0.25) is 0 Å². The zero-order valence-corrected chi connectivity index (χ0v) is 9.17. The summed E-state index contributed by atoms with van der Waals surface area (Å²) in [5.74, 6) is -0.381. The molecule has 0 bridgehead atoms. The van der Waals surface area contributed by atoms with Crippen molar-refractivity contribution in [3.05, 3.63) is 29.1 Å². The largest absolute Gasteiger partial charge is 0.466 e. The number of aryl methyl sites for hydroxylation is 1. The van der Waals surface area contributed by atoms with Crippen LogP contribution in [0.1, 0.15) is 30.2 Å². The molecule has 0 aliphatic heterocycles. The Kier molecular flexibility index (Phi) is 4.34. The summed E-state index contributed by atoms with van der Waals surface area (Å²) in [6.07, 6.45) is -1.24. The van der Waals surface area contributed by atoms with E-state index in [4.69, 9.17) is 4.74 Å². The van der Waals surface area contributed by atoms with Gasteiger partial charge in [-0.3, -0.25) is 9.78 Å². The molecule has 0 amide bonds. The molecule has 1 aromatic heterocycles. The fraction of sp³-hybridized carbons (Fsp3) is 0.455. The maximum atomic E-state index is 12.4. The maximum absolute atomic E-state index is 12.4. The van der Waals surface area contributed by atoms with Crippen molar-refractivity contribution in [3.63, 3.8) is 0 Å². The van der Waals surface area contributed by atoms with Gasteiger partial charge in [-0.1, -0.05) is 6.07 Å². The van der Waals surface area contributed by atoms with Crippen LogP contribution in [-0.4, -0.2) is 17.6 Å². The van der Waals surface area contributed by atoms with E-state index in [2.05, 4.69) is 4.98 Å². The van der Waals surface area contributed by atoms with E-state index in [0.29, 0.717) is 17.7 Å². The lowest BCUT2D eigenvalue weighted by atomic mass is 10.1. The van der Waals surface area contributed by atoms with Gasteiger partial charge in [0.25, 0.3) is 6.43 Å². The number of nitrogens with zero attached hydrogens (tertiary/aromatic N) is 1. The lowest BCUT2D eigenvalue weighted by Crippen LogP contribution is -2.08. The normalized spacial score (nSPS) is 10.6. The predicted octanol–water partition coefficient (Wildman–Crippen LogP) is 2.43. The van der Waals surface area contributed by atoms with Gasteiger partial charge >= 0.3 is 5.97 Å². The first-order chi connectivity index (χ1) is 7.54.